The number of piperazine rings is 1. The summed E-state index contributed by atoms with van der Waals surface area (Å²) in [4.78, 5) is 5.10. The molecule has 1 saturated heterocycles. The molecule has 0 aromatic rings. The highest BCUT2D eigenvalue weighted by Crippen LogP contribution is 2.13. The van der Waals surface area contributed by atoms with Crippen LogP contribution < -0.4 is 0 Å². The number of nitrogens with zero attached hydrogens (tertiary/aromatic N) is 3. The van der Waals surface area contributed by atoms with Gasteiger partial charge in [-0.2, -0.15) is 5.26 Å². The molecular formula is C14H27N3O. The van der Waals surface area contributed by atoms with Crippen molar-refractivity contribution >= 4 is 0 Å². The zero-order chi connectivity index (χ0) is 13.2. The van der Waals surface area contributed by atoms with Crippen molar-refractivity contribution in [3.8, 4) is 6.07 Å². The summed E-state index contributed by atoms with van der Waals surface area (Å²) in [5.74, 6) is 0. The summed E-state index contributed by atoms with van der Waals surface area (Å²) in [5, 5.41) is 8.52. The minimum Gasteiger partial charge on any atom is -0.383 e. The van der Waals surface area contributed by atoms with E-state index >= 15 is 0 Å². The third kappa shape index (κ3) is 5.34. The third-order valence-corrected chi connectivity index (χ3v) is 3.76. The second-order valence-electron chi connectivity index (χ2n) is 5.01. The van der Waals surface area contributed by atoms with Crippen molar-refractivity contribution in [2.75, 3.05) is 46.4 Å². The first-order chi connectivity index (χ1) is 8.81. The third-order valence-electron chi connectivity index (χ3n) is 3.76. The van der Waals surface area contributed by atoms with E-state index in [1.54, 1.807) is 7.11 Å². The van der Waals surface area contributed by atoms with Crippen molar-refractivity contribution in [1.29, 1.82) is 5.26 Å². The second kappa shape index (κ2) is 9.32. The Morgan fingerprint density at radius 2 is 2.11 bits per heavy atom. The van der Waals surface area contributed by atoms with Gasteiger partial charge in [0, 0.05) is 45.8 Å². The van der Waals surface area contributed by atoms with Crippen molar-refractivity contribution in [1.82, 2.24) is 9.80 Å². The van der Waals surface area contributed by atoms with Gasteiger partial charge in [-0.05, 0) is 25.8 Å². The molecule has 0 aromatic carbocycles. The predicted octanol–water partition coefficient (Wildman–Crippen LogP) is 1.72. The molecule has 104 valence electrons. The van der Waals surface area contributed by atoms with Crippen molar-refractivity contribution in [3.05, 3.63) is 0 Å². The number of hydrogen-bond donors (Lipinski definition) is 0. The first-order valence-corrected chi connectivity index (χ1v) is 7.14. The van der Waals surface area contributed by atoms with Gasteiger partial charge in [-0.25, -0.2) is 0 Å². The standard InChI is InChI=1S/C14H27N3O/c1-3-14-13-16(8-6-4-5-7-15)9-10-17(14)11-12-18-2/h14H,3-6,8-13H2,1-2H3/t14-/m1/s1. The van der Waals surface area contributed by atoms with Crippen LogP contribution in [0.5, 0.6) is 0 Å². The van der Waals surface area contributed by atoms with Gasteiger partial charge in [0.1, 0.15) is 0 Å². The molecule has 4 nitrogen and oxygen atoms in total. The maximum Gasteiger partial charge on any atom is 0.0621 e. The first-order valence-electron chi connectivity index (χ1n) is 7.14. The van der Waals surface area contributed by atoms with E-state index in [0.717, 1.165) is 45.6 Å². The van der Waals surface area contributed by atoms with Crippen LogP contribution in [0, 0.1) is 11.3 Å². The molecule has 0 unspecified atom stereocenters. The molecule has 0 radical (unpaired) electrons. The van der Waals surface area contributed by atoms with Crippen LogP contribution in [-0.2, 0) is 4.74 Å². The van der Waals surface area contributed by atoms with Gasteiger partial charge in [-0.1, -0.05) is 6.92 Å². The Balaban J connectivity index is 2.25. The Bertz CT molecular complexity index is 252. The minimum atomic E-state index is 0.671. The fourth-order valence-corrected chi connectivity index (χ4v) is 2.59. The van der Waals surface area contributed by atoms with E-state index in [1.165, 1.54) is 13.0 Å². The van der Waals surface area contributed by atoms with Crippen LogP contribution in [0.15, 0.2) is 0 Å². The monoisotopic (exact) mass is 253 g/mol. The Morgan fingerprint density at radius 1 is 1.28 bits per heavy atom. The van der Waals surface area contributed by atoms with E-state index in [9.17, 15) is 0 Å². The van der Waals surface area contributed by atoms with Gasteiger partial charge >= 0.3 is 0 Å². The van der Waals surface area contributed by atoms with E-state index < -0.39 is 0 Å². The SMILES string of the molecule is CC[C@@H]1CN(CCCCC#N)CCN1CCOC. The van der Waals surface area contributed by atoms with Gasteiger partial charge in [0.2, 0.25) is 0 Å². The molecule has 0 N–H and O–H groups in total. The summed E-state index contributed by atoms with van der Waals surface area (Å²) in [5.41, 5.74) is 0. The number of hydrogen-bond acceptors (Lipinski definition) is 4. The molecule has 1 rings (SSSR count). The summed E-state index contributed by atoms with van der Waals surface area (Å²) in [6, 6.07) is 2.89. The predicted molar refractivity (Wildman–Crippen MR) is 73.4 cm³/mol. The normalized spacial score (nSPS) is 21.9. The van der Waals surface area contributed by atoms with E-state index in [0.29, 0.717) is 12.5 Å². The lowest BCUT2D eigenvalue weighted by atomic mass is 10.1. The number of ether oxygens (including phenoxy) is 1. The molecule has 0 saturated carbocycles. The Morgan fingerprint density at radius 3 is 2.78 bits per heavy atom. The molecule has 0 aliphatic carbocycles. The van der Waals surface area contributed by atoms with Crippen LogP contribution in [-0.4, -0.2) is 62.3 Å². The smallest absolute Gasteiger partial charge is 0.0621 e. The topological polar surface area (TPSA) is 39.5 Å². The molecule has 18 heavy (non-hydrogen) atoms. The van der Waals surface area contributed by atoms with Crippen molar-refractivity contribution in [2.24, 2.45) is 0 Å². The lowest BCUT2D eigenvalue weighted by molar-refractivity contribution is 0.0492. The highest BCUT2D eigenvalue weighted by atomic mass is 16.5. The lowest BCUT2D eigenvalue weighted by Gasteiger charge is -2.41. The average molecular weight is 253 g/mol. The quantitative estimate of drug-likeness (QED) is 0.618. The van der Waals surface area contributed by atoms with Gasteiger partial charge in [-0.3, -0.25) is 4.90 Å². The minimum absolute atomic E-state index is 0.671. The fourth-order valence-electron chi connectivity index (χ4n) is 2.59. The number of rotatable bonds is 8. The Labute approximate surface area is 112 Å². The summed E-state index contributed by atoms with van der Waals surface area (Å²) < 4.78 is 5.17. The van der Waals surface area contributed by atoms with Crippen LogP contribution >= 0.6 is 0 Å². The van der Waals surface area contributed by atoms with Gasteiger partial charge in [0.25, 0.3) is 0 Å². The molecule has 1 atom stereocenters. The van der Waals surface area contributed by atoms with E-state index in [4.69, 9.17) is 10.00 Å². The highest BCUT2D eigenvalue weighted by Gasteiger charge is 2.24. The molecule has 1 aliphatic heterocycles. The number of methoxy groups -OCH3 is 1. The number of nitriles is 1. The van der Waals surface area contributed by atoms with Crippen molar-refractivity contribution < 1.29 is 4.74 Å². The summed E-state index contributed by atoms with van der Waals surface area (Å²) in [6.45, 7) is 8.79. The highest BCUT2D eigenvalue weighted by molar-refractivity contribution is 4.81. The molecule has 0 bridgehead atoms. The molecule has 0 aromatic heterocycles. The second-order valence-corrected chi connectivity index (χ2v) is 5.01. The van der Waals surface area contributed by atoms with Gasteiger partial charge in [0.15, 0.2) is 0 Å². The van der Waals surface area contributed by atoms with E-state index in [1.807, 2.05) is 0 Å². The molecule has 1 heterocycles. The zero-order valence-electron chi connectivity index (χ0n) is 11.9. The maximum absolute atomic E-state index is 8.52. The average Bonchev–Trinajstić information content (AvgIpc) is 2.41. The molecule has 1 fully saturated rings. The van der Waals surface area contributed by atoms with Crippen molar-refractivity contribution in [2.45, 2.75) is 38.6 Å². The molecular weight excluding hydrogens is 226 g/mol. The Kier molecular flexibility index (Phi) is 7.99. The molecule has 0 amide bonds. The van der Waals surface area contributed by atoms with E-state index in [-0.39, 0.29) is 0 Å². The van der Waals surface area contributed by atoms with Crippen LogP contribution in [0.3, 0.4) is 0 Å². The summed E-state index contributed by atoms with van der Waals surface area (Å²) in [6.07, 6.45) is 4.10. The molecule has 4 heteroatoms. The van der Waals surface area contributed by atoms with Crippen LogP contribution in [0.4, 0.5) is 0 Å². The lowest BCUT2D eigenvalue weighted by Crippen LogP contribution is -2.53. The molecule has 1 aliphatic rings. The zero-order valence-corrected chi connectivity index (χ0v) is 11.9. The van der Waals surface area contributed by atoms with Gasteiger partial charge < -0.3 is 9.64 Å². The summed E-state index contributed by atoms with van der Waals surface area (Å²) >= 11 is 0. The maximum atomic E-state index is 8.52. The fraction of sp³-hybridized carbons (Fsp3) is 0.929. The van der Waals surface area contributed by atoms with Gasteiger partial charge in [0.05, 0.1) is 12.7 Å². The van der Waals surface area contributed by atoms with E-state index in [2.05, 4.69) is 22.8 Å². The van der Waals surface area contributed by atoms with Crippen LogP contribution in [0.1, 0.15) is 32.6 Å². The van der Waals surface area contributed by atoms with Gasteiger partial charge in [-0.15, -0.1) is 0 Å². The first kappa shape index (κ1) is 15.4. The van der Waals surface area contributed by atoms with Crippen LogP contribution in [0.25, 0.3) is 0 Å². The molecule has 0 spiro atoms. The largest absolute Gasteiger partial charge is 0.383 e. The summed E-state index contributed by atoms with van der Waals surface area (Å²) in [7, 11) is 1.77. The van der Waals surface area contributed by atoms with Crippen LogP contribution in [0.2, 0.25) is 0 Å². The number of unbranched alkanes of at least 4 members (excludes halogenated alkanes) is 2. The Hall–Kier alpha value is -0.630. The van der Waals surface area contributed by atoms with Crippen molar-refractivity contribution in [3.63, 3.8) is 0 Å².